The summed E-state index contributed by atoms with van der Waals surface area (Å²) in [4.78, 5) is 2.71. The zero-order valence-corrected chi connectivity index (χ0v) is 13.1. The fraction of sp³-hybridized carbons (Fsp3) is 0.600. The van der Waals surface area contributed by atoms with Crippen molar-refractivity contribution in [1.82, 2.24) is 9.21 Å². The Balaban J connectivity index is 1.79. The van der Waals surface area contributed by atoms with Crippen molar-refractivity contribution in [3.63, 3.8) is 0 Å². The van der Waals surface area contributed by atoms with E-state index in [9.17, 15) is 13.5 Å². The molecule has 1 N–H and O–H groups in total. The third-order valence-electron chi connectivity index (χ3n) is 4.55. The molecule has 2 atom stereocenters. The standard InChI is InChI=1S/C15H22N2O3S/c1-12(18)13-4-6-15(7-5-13)21(19,20)17-10-9-16-8-2-3-14(16)11-17/h4-7,12,14,18H,2-3,8-11H2,1H3. The van der Waals surface area contributed by atoms with Crippen LogP contribution >= 0.6 is 0 Å². The number of aliphatic hydroxyl groups is 1. The van der Waals surface area contributed by atoms with Gasteiger partial charge >= 0.3 is 0 Å². The lowest BCUT2D eigenvalue weighted by atomic mass is 10.1. The monoisotopic (exact) mass is 310 g/mol. The third kappa shape index (κ3) is 2.85. The molecule has 21 heavy (non-hydrogen) atoms. The first-order valence-corrected chi connectivity index (χ1v) is 8.95. The predicted octanol–water partition coefficient (Wildman–Crippen LogP) is 1.21. The molecule has 6 heteroatoms. The third-order valence-corrected chi connectivity index (χ3v) is 6.43. The first kappa shape index (κ1) is 15.0. The molecule has 2 heterocycles. The van der Waals surface area contributed by atoms with E-state index in [4.69, 9.17) is 0 Å². The van der Waals surface area contributed by atoms with Crippen molar-refractivity contribution < 1.29 is 13.5 Å². The second-order valence-electron chi connectivity index (χ2n) is 5.94. The van der Waals surface area contributed by atoms with Crippen LogP contribution in [-0.2, 0) is 10.0 Å². The SMILES string of the molecule is CC(O)c1ccc(S(=O)(=O)N2CCN3CCCC3C2)cc1. The van der Waals surface area contributed by atoms with Gasteiger partial charge in [-0.3, -0.25) is 4.90 Å². The maximum absolute atomic E-state index is 12.7. The summed E-state index contributed by atoms with van der Waals surface area (Å²) >= 11 is 0. The van der Waals surface area contributed by atoms with E-state index >= 15 is 0 Å². The minimum Gasteiger partial charge on any atom is -0.389 e. The first-order valence-electron chi connectivity index (χ1n) is 7.51. The van der Waals surface area contributed by atoms with Gasteiger partial charge in [-0.15, -0.1) is 0 Å². The molecule has 1 aromatic rings. The van der Waals surface area contributed by atoms with E-state index in [1.54, 1.807) is 35.5 Å². The molecule has 2 unspecified atom stereocenters. The number of rotatable bonds is 3. The number of benzene rings is 1. The molecule has 2 aliphatic rings. The van der Waals surface area contributed by atoms with Crippen LogP contribution in [-0.4, -0.2) is 55.0 Å². The Morgan fingerprint density at radius 2 is 1.90 bits per heavy atom. The lowest BCUT2D eigenvalue weighted by Crippen LogP contribution is -2.51. The maximum Gasteiger partial charge on any atom is 0.243 e. The lowest BCUT2D eigenvalue weighted by Gasteiger charge is -2.36. The van der Waals surface area contributed by atoms with Crippen LogP contribution in [0.4, 0.5) is 0 Å². The molecule has 0 bridgehead atoms. The Morgan fingerprint density at radius 1 is 1.19 bits per heavy atom. The van der Waals surface area contributed by atoms with E-state index in [1.165, 1.54) is 6.42 Å². The Labute approximate surface area is 126 Å². The second kappa shape index (κ2) is 5.68. The largest absolute Gasteiger partial charge is 0.389 e. The topological polar surface area (TPSA) is 60.9 Å². The molecule has 0 amide bonds. The smallest absolute Gasteiger partial charge is 0.243 e. The van der Waals surface area contributed by atoms with Crippen LogP contribution in [0.5, 0.6) is 0 Å². The van der Waals surface area contributed by atoms with Gasteiger partial charge < -0.3 is 5.11 Å². The summed E-state index contributed by atoms with van der Waals surface area (Å²) in [6.07, 6.45) is 1.68. The number of piperazine rings is 1. The molecule has 5 nitrogen and oxygen atoms in total. The zero-order valence-electron chi connectivity index (χ0n) is 12.3. The summed E-state index contributed by atoms with van der Waals surface area (Å²) in [5.41, 5.74) is 0.731. The first-order chi connectivity index (χ1) is 9.98. The molecular formula is C15H22N2O3S. The Kier molecular flexibility index (Phi) is 4.05. The van der Waals surface area contributed by atoms with Crippen molar-refractivity contribution in [2.24, 2.45) is 0 Å². The van der Waals surface area contributed by atoms with E-state index in [-0.39, 0.29) is 0 Å². The highest BCUT2D eigenvalue weighted by Gasteiger charge is 2.36. The van der Waals surface area contributed by atoms with Gasteiger partial charge in [0.05, 0.1) is 11.0 Å². The average molecular weight is 310 g/mol. The predicted molar refractivity (Wildman–Crippen MR) is 80.4 cm³/mol. The zero-order chi connectivity index (χ0) is 15.0. The van der Waals surface area contributed by atoms with E-state index in [2.05, 4.69) is 4.90 Å². The lowest BCUT2D eigenvalue weighted by molar-refractivity contribution is 0.158. The van der Waals surface area contributed by atoms with Gasteiger partial charge in [-0.1, -0.05) is 12.1 Å². The highest BCUT2D eigenvalue weighted by atomic mass is 32.2. The fourth-order valence-corrected chi connectivity index (χ4v) is 4.72. The van der Waals surface area contributed by atoms with E-state index in [0.29, 0.717) is 24.0 Å². The Bertz CT molecular complexity index is 598. The minimum absolute atomic E-state index is 0.318. The number of hydrogen-bond acceptors (Lipinski definition) is 4. The van der Waals surface area contributed by atoms with Crippen molar-refractivity contribution in [2.75, 3.05) is 26.2 Å². The molecule has 1 aromatic carbocycles. The molecule has 0 saturated carbocycles. The Morgan fingerprint density at radius 3 is 2.57 bits per heavy atom. The van der Waals surface area contributed by atoms with Gasteiger partial charge in [0.25, 0.3) is 0 Å². The second-order valence-corrected chi connectivity index (χ2v) is 7.88. The highest BCUT2D eigenvalue weighted by Crippen LogP contribution is 2.26. The minimum atomic E-state index is -3.42. The normalized spacial score (nSPS) is 25.7. The van der Waals surface area contributed by atoms with Crippen molar-refractivity contribution in [2.45, 2.75) is 36.8 Å². The van der Waals surface area contributed by atoms with Crippen LogP contribution in [0.1, 0.15) is 31.4 Å². The number of hydrogen-bond donors (Lipinski definition) is 1. The number of nitrogens with zero attached hydrogens (tertiary/aromatic N) is 2. The van der Waals surface area contributed by atoms with E-state index < -0.39 is 16.1 Å². The van der Waals surface area contributed by atoms with Crippen LogP contribution in [0.25, 0.3) is 0 Å². The van der Waals surface area contributed by atoms with Gasteiger partial charge in [0.2, 0.25) is 10.0 Å². The summed E-state index contributed by atoms with van der Waals surface area (Å²) in [5, 5.41) is 9.50. The van der Waals surface area contributed by atoms with Gasteiger partial charge in [-0.25, -0.2) is 8.42 Å². The number of sulfonamides is 1. The summed E-state index contributed by atoms with van der Waals surface area (Å²) in [7, 11) is -3.42. The Hall–Kier alpha value is -0.950. The molecule has 116 valence electrons. The average Bonchev–Trinajstić information content (AvgIpc) is 2.94. The molecule has 2 saturated heterocycles. The highest BCUT2D eigenvalue weighted by molar-refractivity contribution is 7.89. The van der Waals surface area contributed by atoms with Gasteiger partial charge in [0.15, 0.2) is 0 Å². The molecule has 0 spiro atoms. The van der Waals surface area contributed by atoms with Crippen LogP contribution in [0, 0.1) is 0 Å². The molecular weight excluding hydrogens is 288 g/mol. The molecule has 0 aromatic heterocycles. The van der Waals surface area contributed by atoms with Crippen molar-refractivity contribution in [3.8, 4) is 0 Å². The number of fused-ring (bicyclic) bond motifs is 1. The van der Waals surface area contributed by atoms with Crippen molar-refractivity contribution >= 4 is 10.0 Å². The summed E-state index contributed by atoms with van der Waals surface area (Å²) < 4.78 is 27.0. The molecule has 3 rings (SSSR count). The quantitative estimate of drug-likeness (QED) is 0.911. The van der Waals surface area contributed by atoms with E-state index in [0.717, 1.165) is 25.1 Å². The number of aliphatic hydroxyl groups excluding tert-OH is 1. The molecule has 2 fully saturated rings. The van der Waals surface area contributed by atoms with Crippen molar-refractivity contribution in [3.05, 3.63) is 29.8 Å². The van der Waals surface area contributed by atoms with Gasteiger partial charge in [0.1, 0.15) is 0 Å². The summed E-state index contributed by atoms with van der Waals surface area (Å²) in [6.45, 7) is 4.76. The van der Waals surface area contributed by atoms with Crippen LogP contribution in [0.2, 0.25) is 0 Å². The van der Waals surface area contributed by atoms with Crippen LogP contribution < -0.4 is 0 Å². The fourth-order valence-electron chi connectivity index (χ4n) is 3.25. The van der Waals surface area contributed by atoms with Crippen molar-refractivity contribution in [1.29, 1.82) is 0 Å². The van der Waals surface area contributed by atoms with Crippen LogP contribution in [0.3, 0.4) is 0 Å². The summed E-state index contributed by atoms with van der Waals surface area (Å²) in [6, 6.07) is 6.94. The van der Waals surface area contributed by atoms with Crippen LogP contribution in [0.15, 0.2) is 29.2 Å². The maximum atomic E-state index is 12.7. The van der Waals surface area contributed by atoms with Gasteiger partial charge in [0, 0.05) is 25.7 Å². The molecule has 0 aliphatic carbocycles. The molecule has 2 aliphatic heterocycles. The molecule has 0 radical (unpaired) electrons. The van der Waals surface area contributed by atoms with E-state index in [1.807, 2.05) is 0 Å². The van der Waals surface area contributed by atoms with Gasteiger partial charge in [-0.05, 0) is 44.0 Å². The van der Waals surface area contributed by atoms with Gasteiger partial charge in [-0.2, -0.15) is 4.31 Å². The summed E-state index contributed by atoms with van der Waals surface area (Å²) in [5.74, 6) is 0.